The molecule has 12 N–H and O–H groups in total. The van der Waals surface area contributed by atoms with E-state index in [-0.39, 0.29) is 47.4 Å². The second-order valence-electron chi connectivity index (χ2n) is 21.5. The van der Waals surface area contributed by atoms with Crippen molar-refractivity contribution in [1.29, 1.82) is 0 Å². The van der Waals surface area contributed by atoms with Gasteiger partial charge in [0, 0.05) is 12.3 Å². The molecule has 4 saturated carbocycles. The second kappa shape index (κ2) is 19.2. The number of hydrogen-bond donors (Lipinski definition) is 12. The third-order valence-corrected chi connectivity index (χ3v) is 18.0. The van der Waals surface area contributed by atoms with E-state index in [2.05, 4.69) is 20.8 Å². The zero-order chi connectivity index (χ0) is 46.2. The molecule has 19 heteroatoms. The molecular formula is C45H76O19. The van der Waals surface area contributed by atoms with Crippen LogP contribution < -0.4 is 0 Å². The molecule has 2 unspecified atom stereocenters. The van der Waals surface area contributed by atoms with Gasteiger partial charge >= 0.3 is 0 Å². The van der Waals surface area contributed by atoms with Crippen LogP contribution in [-0.2, 0) is 33.2 Å². The Balaban J connectivity index is 0.869. The second-order valence-corrected chi connectivity index (χ2v) is 21.5. The van der Waals surface area contributed by atoms with Crippen LogP contribution >= 0.6 is 0 Å². The fraction of sp³-hybridized carbons (Fsp3) is 1.00. The van der Waals surface area contributed by atoms with Crippen LogP contribution in [0.3, 0.4) is 0 Å². The summed E-state index contributed by atoms with van der Waals surface area (Å²) in [4.78, 5) is 0. The lowest BCUT2D eigenvalue weighted by Gasteiger charge is -2.61. The molecule has 0 aromatic heterocycles. The van der Waals surface area contributed by atoms with Gasteiger partial charge in [-0.25, -0.2) is 0 Å². The van der Waals surface area contributed by atoms with Crippen molar-refractivity contribution in [1.82, 2.24) is 0 Å². The Kier molecular flexibility index (Phi) is 14.9. The van der Waals surface area contributed by atoms with Gasteiger partial charge in [0.25, 0.3) is 0 Å². The van der Waals surface area contributed by atoms with E-state index in [0.717, 1.165) is 44.9 Å². The minimum Gasteiger partial charge on any atom is -0.394 e. The highest BCUT2D eigenvalue weighted by atomic mass is 16.8. The summed E-state index contributed by atoms with van der Waals surface area (Å²) >= 11 is 0. The quantitative estimate of drug-likeness (QED) is 0.0909. The van der Waals surface area contributed by atoms with E-state index in [1.165, 1.54) is 0 Å². The molecule has 0 amide bonds. The zero-order valence-electron chi connectivity index (χ0n) is 37.5. The van der Waals surface area contributed by atoms with Crippen LogP contribution in [-0.4, -0.2) is 198 Å². The van der Waals surface area contributed by atoms with Crippen LogP contribution in [0.2, 0.25) is 0 Å². The third-order valence-electron chi connectivity index (χ3n) is 18.0. The minimum absolute atomic E-state index is 0.00000712. The van der Waals surface area contributed by atoms with Gasteiger partial charge < -0.3 is 94.4 Å². The lowest BCUT2D eigenvalue weighted by molar-refractivity contribution is -0.373. The number of hydrogen-bond acceptors (Lipinski definition) is 19. The predicted octanol–water partition coefficient (Wildman–Crippen LogP) is -1.78. The number of fused-ring (bicyclic) bond motifs is 7. The SMILES string of the molecule is C[C@@H](CCC1(O)O[C@H]2C[C@H]3[C@@H]4CC[C@@H]5C[C@@H](O[C@@H]6O[C@H](CO)[C@H](O)[C@H](O)[C@H]6O[C@@H]6O[C@H](CO)[C@@H](O)[C@H](O)[C@H]6O)CC[C@]5(C)[C@H]4CC[C@]3(C)C2[C@@H]1C)CO[C@@H]1O[C@H](CO)[C@@H](O)[C@H](O)[C@H]1O. The first-order valence-corrected chi connectivity index (χ1v) is 23.9. The van der Waals surface area contributed by atoms with Gasteiger partial charge in [-0.3, -0.25) is 0 Å². The molecule has 8 fully saturated rings. The number of rotatable bonds is 13. The molecule has 370 valence electrons. The Hall–Kier alpha value is -0.760. The van der Waals surface area contributed by atoms with Crippen LogP contribution in [0.25, 0.3) is 0 Å². The van der Waals surface area contributed by atoms with E-state index >= 15 is 0 Å². The number of ether oxygens (including phenoxy) is 7. The summed E-state index contributed by atoms with van der Waals surface area (Å²) in [5.41, 5.74) is 0.0475. The van der Waals surface area contributed by atoms with E-state index in [1.54, 1.807) is 0 Å². The third kappa shape index (κ3) is 8.65. The minimum atomic E-state index is -1.75. The molecule has 27 atom stereocenters. The van der Waals surface area contributed by atoms with E-state index in [9.17, 15) is 61.3 Å². The maximum Gasteiger partial charge on any atom is 0.187 e. The van der Waals surface area contributed by atoms with Crippen molar-refractivity contribution in [2.45, 2.75) is 202 Å². The summed E-state index contributed by atoms with van der Waals surface area (Å²) in [5, 5.41) is 125. The van der Waals surface area contributed by atoms with Crippen molar-refractivity contribution in [3.63, 3.8) is 0 Å². The van der Waals surface area contributed by atoms with E-state index in [1.807, 2.05) is 6.92 Å². The van der Waals surface area contributed by atoms with Gasteiger partial charge in [0.15, 0.2) is 24.7 Å². The van der Waals surface area contributed by atoms with Crippen LogP contribution in [0.5, 0.6) is 0 Å². The lowest BCUT2D eigenvalue weighted by atomic mass is 9.44. The van der Waals surface area contributed by atoms with Crippen molar-refractivity contribution in [3.8, 4) is 0 Å². The van der Waals surface area contributed by atoms with Gasteiger partial charge in [-0.2, -0.15) is 0 Å². The highest BCUT2D eigenvalue weighted by Crippen LogP contribution is 2.71. The first kappa shape index (κ1) is 49.7. The van der Waals surface area contributed by atoms with Gasteiger partial charge in [0.05, 0.1) is 38.6 Å². The molecule has 4 saturated heterocycles. The average molecular weight is 921 g/mol. The molecule has 4 heterocycles. The van der Waals surface area contributed by atoms with Gasteiger partial charge in [0.1, 0.15) is 73.2 Å². The van der Waals surface area contributed by atoms with Crippen molar-refractivity contribution in [2.24, 2.45) is 52.3 Å². The summed E-state index contributed by atoms with van der Waals surface area (Å²) in [5.74, 6) is 0.532. The smallest absolute Gasteiger partial charge is 0.187 e. The topological polar surface area (TPSA) is 307 Å². The molecule has 0 bridgehead atoms. The summed E-state index contributed by atoms with van der Waals surface area (Å²) in [6.07, 6.45) is -13.7. The molecule has 0 radical (unpaired) electrons. The van der Waals surface area contributed by atoms with Crippen LogP contribution in [0.15, 0.2) is 0 Å². The number of aliphatic hydroxyl groups excluding tert-OH is 11. The zero-order valence-corrected chi connectivity index (χ0v) is 37.5. The molecule has 4 aliphatic carbocycles. The van der Waals surface area contributed by atoms with Crippen molar-refractivity contribution in [3.05, 3.63) is 0 Å². The molecule has 0 aromatic rings. The number of aliphatic hydroxyl groups is 12. The molecule has 0 spiro atoms. The first-order valence-electron chi connectivity index (χ1n) is 23.9. The van der Waals surface area contributed by atoms with Crippen LogP contribution in [0, 0.1) is 52.3 Å². The summed E-state index contributed by atoms with van der Waals surface area (Å²) in [6.45, 7) is 7.28. The first-order chi connectivity index (χ1) is 30.3. The van der Waals surface area contributed by atoms with Crippen molar-refractivity contribution in [2.75, 3.05) is 26.4 Å². The van der Waals surface area contributed by atoms with Gasteiger partial charge in [-0.15, -0.1) is 0 Å². The van der Waals surface area contributed by atoms with E-state index < -0.39 is 118 Å². The Morgan fingerprint density at radius 3 is 1.84 bits per heavy atom. The molecule has 19 nitrogen and oxygen atoms in total. The van der Waals surface area contributed by atoms with Gasteiger partial charge in [-0.05, 0) is 104 Å². The Morgan fingerprint density at radius 2 is 1.20 bits per heavy atom. The van der Waals surface area contributed by atoms with Crippen LogP contribution in [0.4, 0.5) is 0 Å². The summed E-state index contributed by atoms with van der Waals surface area (Å²) < 4.78 is 42.0. The molecule has 8 rings (SSSR count). The van der Waals surface area contributed by atoms with Gasteiger partial charge in [0.2, 0.25) is 0 Å². The Bertz CT molecular complexity index is 1560. The standard InChI is InChI=1S/C45H76O19/c1-19(18-58-40-37(55)34(52)31(49)27(15-46)60-40)7-12-45(57)20(2)30-26(64-45)14-25-23-6-5-21-13-22(8-10-43(21,3)24(23)9-11-44(25,30)4)59-42-39(36(54)33(51)29(17-48)62-42)63-41-38(56)35(53)32(50)28(16-47)61-41/h19-42,46-57H,5-18H2,1-4H3/t19-,20-,21+,22-,23+,24-,25-,26-,27+,28+,29+,30?,31+,32+,33-,34-,35-,36-,37+,38+,39+,40+,41-,42+,43-,44-,45?/m0/s1. The highest BCUT2D eigenvalue weighted by Gasteiger charge is 2.68. The Labute approximate surface area is 374 Å². The van der Waals surface area contributed by atoms with Gasteiger partial charge in [-0.1, -0.05) is 27.7 Å². The maximum atomic E-state index is 12.1. The summed E-state index contributed by atoms with van der Waals surface area (Å²) in [6, 6.07) is 0. The molecule has 8 aliphatic rings. The predicted molar refractivity (Wildman–Crippen MR) is 219 cm³/mol. The summed E-state index contributed by atoms with van der Waals surface area (Å²) in [7, 11) is 0. The van der Waals surface area contributed by atoms with Crippen molar-refractivity contribution < 1.29 is 94.4 Å². The maximum absolute atomic E-state index is 12.1. The fourth-order valence-electron chi connectivity index (χ4n) is 14.2. The van der Waals surface area contributed by atoms with E-state index in [0.29, 0.717) is 42.9 Å². The molecule has 0 aromatic carbocycles. The highest BCUT2D eigenvalue weighted by molar-refractivity contribution is 5.15. The average Bonchev–Trinajstić information content (AvgIpc) is 3.71. The molecule has 64 heavy (non-hydrogen) atoms. The van der Waals surface area contributed by atoms with Crippen LogP contribution in [0.1, 0.15) is 91.9 Å². The molecule has 4 aliphatic heterocycles. The van der Waals surface area contributed by atoms with Crippen molar-refractivity contribution >= 4 is 0 Å². The Morgan fingerprint density at radius 1 is 0.625 bits per heavy atom. The largest absolute Gasteiger partial charge is 0.394 e. The van der Waals surface area contributed by atoms with E-state index in [4.69, 9.17) is 33.2 Å². The monoisotopic (exact) mass is 920 g/mol. The normalized spacial score (nSPS) is 55.6. The fourth-order valence-corrected chi connectivity index (χ4v) is 14.2. The molecular weight excluding hydrogens is 844 g/mol. The lowest BCUT2D eigenvalue weighted by Crippen LogP contribution is -2.65.